The molecule has 8 aromatic carbocycles. The van der Waals surface area contributed by atoms with Crippen molar-refractivity contribution in [3.63, 3.8) is 0 Å². The maximum Gasteiger partial charge on any atom is 2.00 e. The first-order valence-electron chi connectivity index (χ1n) is 24.2. The summed E-state index contributed by atoms with van der Waals surface area (Å²) < 4.78 is 0. The first kappa shape index (κ1) is 51.7. The zero-order valence-corrected chi connectivity index (χ0v) is 44.7. The molecular formula is C64H64N2O2Zn. The van der Waals surface area contributed by atoms with Crippen molar-refractivity contribution in [2.45, 2.75) is 92.9 Å². The van der Waals surface area contributed by atoms with Crippen molar-refractivity contribution in [1.29, 1.82) is 0 Å². The first-order chi connectivity index (χ1) is 33.0. The van der Waals surface area contributed by atoms with E-state index < -0.39 is 0 Å². The molecule has 0 aliphatic rings. The van der Waals surface area contributed by atoms with Crippen molar-refractivity contribution < 1.29 is 29.7 Å². The van der Waals surface area contributed by atoms with Crippen LogP contribution in [0.5, 0.6) is 11.5 Å². The molecule has 0 bridgehead atoms. The van der Waals surface area contributed by atoms with Gasteiger partial charge >= 0.3 is 19.5 Å². The van der Waals surface area contributed by atoms with Crippen LogP contribution < -0.4 is 10.2 Å². The van der Waals surface area contributed by atoms with Crippen molar-refractivity contribution in [2.75, 3.05) is 0 Å². The van der Waals surface area contributed by atoms with Crippen LogP contribution in [0.15, 0.2) is 180 Å². The fourth-order valence-corrected chi connectivity index (χ4v) is 9.51. The van der Waals surface area contributed by atoms with Crippen molar-refractivity contribution in [3.8, 4) is 11.5 Å². The largest absolute Gasteiger partial charge is 2.00 e. The number of benzene rings is 8. The molecule has 0 fully saturated rings. The number of nitrogens with zero attached hydrogens (tertiary/aromatic N) is 2. The fraction of sp³-hybridized carbons (Fsp3) is 0.219. The summed E-state index contributed by atoms with van der Waals surface area (Å²) in [6.07, 6.45) is 7.19. The van der Waals surface area contributed by atoms with Crippen molar-refractivity contribution >= 4 is 23.8 Å². The van der Waals surface area contributed by atoms with Gasteiger partial charge in [0.05, 0.1) is 11.4 Å². The van der Waals surface area contributed by atoms with E-state index >= 15 is 0 Å². The molecule has 69 heavy (non-hydrogen) atoms. The van der Waals surface area contributed by atoms with Gasteiger partial charge in [0.25, 0.3) is 0 Å². The van der Waals surface area contributed by atoms with E-state index in [0.29, 0.717) is 11.1 Å². The Hall–Kier alpha value is -6.68. The minimum atomic E-state index is -0.126. The van der Waals surface area contributed by atoms with Gasteiger partial charge in [0.1, 0.15) is 0 Å². The van der Waals surface area contributed by atoms with E-state index in [1.54, 1.807) is 12.4 Å². The normalized spacial score (nSPS) is 11.3. The fourth-order valence-electron chi connectivity index (χ4n) is 9.51. The van der Waals surface area contributed by atoms with Crippen LogP contribution in [0.2, 0.25) is 0 Å². The molecule has 8 rings (SSSR count). The molecule has 5 heteroatoms. The van der Waals surface area contributed by atoms with Gasteiger partial charge in [0, 0.05) is 24.3 Å². The Morgan fingerprint density at radius 3 is 0.870 bits per heavy atom. The molecule has 0 radical (unpaired) electrons. The molecule has 0 spiro atoms. The van der Waals surface area contributed by atoms with Crippen LogP contribution >= 0.6 is 0 Å². The molecule has 0 aromatic heterocycles. The molecule has 344 valence electrons. The number of aryl methyl sites for hydroxylation is 8. The summed E-state index contributed by atoms with van der Waals surface area (Å²) in [6, 6.07) is 57.8. The molecule has 0 aliphatic carbocycles. The second kappa shape index (κ2) is 24.6. The Morgan fingerprint density at radius 2 is 0.623 bits per heavy atom. The van der Waals surface area contributed by atoms with Crippen LogP contribution in [0, 0.1) is 27.7 Å². The second-order valence-electron chi connectivity index (χ2n) is 17.8. The Morgan fingerprint density at radius 1 is 0.377 bits per heavy atom. The maximum absolute atomic E-state index is 13.8. The Labute approximate surface area is 424 Å². The van der Waals surface area contributed by atoms with Crippen LogP contribution in [0.1, 0.15) is 129 Å². The topological polar surface area (TPSA) is 70.8 Å². The minimum Gasteiger partial charge on any atom is -0.872 e. The summed E-state index contributed by atoms with van der Waals surface area (Å²) in [5, 5.41) is 27.6. The first-order valence-corrected chi connectivity index (χ1v) is 24.2. The van der Waals surface area contributed by atoms with Crippen molar-refractivity contribution in [2.24, 2.45) is 9.98 Å². The van der Waals surface area contributed by atoms with Crippen LogP contribution in [0.4, 0.5) is 11.4 Å². The Kier molecular flexibility index (Phi) is 18.4. The van der Waals surface area contributed by atoms with Crippen LogP contribution in [0.3, 0.4) is 0 Å². The molecule has 8 aromatic rings. The molecule has 0 aliphatic heterocycles. The molecule has 0 saturated carbocycles. The standard InChI is InChI=1S/2C32H33NO.Zn/c2*1-5-24-17-22(3)18-25(6-2)31(24)33-21-28-19-23(4)20-29(32(28)34)30(26-13-9-7-10-14-26)27-15-11-8-12-16-27;/h2*7-21,30,34H,5-6H2,1-4H3;/q;;+2/p-2. The quantitative estimate of drug-likeness (QED) is 0.0619. The molecule has 0 N–H and O–H groups in total. The Bertz CT molecular complexity index is 2660. The van der Waals surface area contributed by atoms with E-state index in [4.69, 9.17) is 9.98 Å². The zero-order valence-electron chi connectivity index (χ0n) is 41.7. The zero-order chi connectivity index (χ0) is 48.2. The molecule has 0 heterocycles. The van der Waals surface area contributed by atoms with E-state index in [9.17, 15) is 10.2 Å². The molecule has 0 saturated heterocycles. The summed E-state index contributed by atoms with van der Waals surface area (Å²) in [6.45, 7) is 17.0. The second-order valence-corrected chi connectivity index (χ2v) is 17.8. The third-order valence-corrected chi connectivity index (χ3v) is 12.7. The molecule has 4 nitrogen and oxygen atoms in total. The molecule has 0 unspecified atom stereocenters. The summed E-state index contributed by atoms with van der Waals surface area (Å²) in [7, 11) is 0. The van der Waals surface area contributed by atoms with Crippen LogP contribution in [0.25, 0.3) is 0 Å². The van der Waals surface area contributed by atoms with Crippen molar-refractivity contribution in [3.05, 3.63) is 259 Å². The van der Waals surface area contributed by atoms with E-state index in [1.165, 1.54) is 33.4 Å². The number of hydrogen-bond acceptors (Lipinski definition) is 4. The summed E-state index contributed by atoms with van der Waals surface area (Å²) >= 11 is 0. The molecule has 0 atom stereocenters. The predicted molar refractivity (Wildman–Crippen MR) is 283 cm³/mol. The van der Waals surface area contributed by atoms with Gasteiger partial charge in [-0.15, -0.1) is 0 Å². The number of rotatable bonds is 14. The summed E-state index contributed by atoms with van der Waals surface area (Å²) in [5.41, 5.74) is 18.8. The van der Waals surface area contributed by atoms with E-state index in [0.717, 1.165) is 81.6 Å². The molecular weight excluding hydrogens is 894 g/mol. The van der Waals surface area contributed by atoms with Gasteiger partial charge in [0.2, 0.25) is 0 Å². The van der Waals surface area contributed by atoms with E-state index in [-0.39, 0.29) is 42.8 Å². The third-order valence-electron chi connectivity index (χ3n) is 12.7. The average Bonchev–Trinajstić information content (AvgIpc) is 3.36. The number of aliphatic imine (C=N–C) groups is 2. The van der Waals surface area contributed by atoms with Gasteiger partial charge in [-0.2, -0.15) is 0 Å². The monoisotopic (exact) mass is 956 g/mol. The van der Waals surface area contributed by atoms with Crippen LogP contribution in [-0.4, -0.2) is 12.4 Å². The average molecular weight is 959 g/mol. The van der Waals surface area contributed by atoms with Gasteiger partial charge < -0.3 is 10.2 Å². The number of hydrogen-bond donors (Lipinski definition) is 0. The molecule has 0 amide bonds. The summed E-state index contributed by atoms with van der Waals surface area (Å²) in [4.78, 5) is 9.76. The summed E-state index contributed by atoms with van der Waals surface area (Å²) in [5.74, 6) is -0.178. The van der Waals surface area contributed by atoms with Gasteiger partial charge in [-0.05, 0) is 120 Å². The predicted octanol–water partition coefficient (Wildman–Crippen LogP) is 14.9. The van der Waals surface area contributed by atoms with Crippen LogP contribution in [-0.2, 0) is 45.2 Å². The van der Waals surface area contributed by atoms with Gasteiger partial charge in [-0.1, -0.05) is 231 Å². The SMILES string of the molecule is CCc1cc(C)cc(CC)c1N=Cc1cc(C)cc(C(c2ccccc2)c2ccccc2)c1[O-].CCc1cc(C)cc(CC)c1N=Cc1cc(C)cc(C(c2ccccc2)c2ccccc2)c1[O-].[Zn+2]. The maximum atomic E-state index is 13.8. The minimum absolute atomic E-state index is 0. The van der Waals surface area contributed by atoms with Gasteiger partial charge in [-0.25, -0.2) is 0 Å². The third kappa shape index (κ3) is 12.5. The smallest absolute Gasteiger partial charge is 0.872 e. The van der Waals surface area contributed by atoms with Gasteiger partial charge in [0.15, 0.2) is 0 Å². The van der Waals surface area contributed by atoms with Crippen molar-refractivity contribution in [1.82, 2.24) is 0 Å². The van der Waals surface area contributed by atoms with Gasteiger partial charge in [-0.3, -0.25) is 9.98 Å². The van der Waals surface area contributed by atoms with E-state index in [1.807, 2.05) is 111 Å². The van der Waals surface area contributed by atoms with E-state index in [2.05, 4.69) is 114 Å². The Balaban J connectivity index is 0.000000224.